The number of rotatable bonds is 4. The molecule has 0 N–H and O–H groups in total. The monoisotopic (exact) mass is 265 g/mol. The third-order valence-electron chi connectivity index (χ3n) is 2.97. The summed E-state index contributed by atoms with van der Waals surface area (Å²) in [6.45, 7) is 0.00948. The second-order valence-electron chi connectivity index (χ2n) is 4.09. The molecule has 0 radical (unpaired) electrons. The molecule has 0 unspecified atom stereocenters. The van der Waals surface area contributed by atoms with Gasteiger partial charge < -0.3 is 19.1 Å². The highest BCUT2D eigenvalue weighted by atomic mass is 16.7. The van der Waals surface area contributed by atoms with Crippen LogP contribution >= 0.6 is 0 Å². The van der Waals surface area contributed by atoms with Gasteiger partial charge in [0.1, 0.15) is 5.75 Å². The van der Waals surface area contributed by atoms with E-state index in [0.717, 1.165) is 0 Å². The van der Waals surface area contributed by atoms with Gasteiger partial charge in [0.2, 0.25) is 12.1 Å². The van der Waals surface area contributed by atoms with Crippen LogP contribution in [0.15, 0.2) is 18.2 Å². The van der Waals surface area contributed by atoms with Crippen molar-refractivity contribution in [2.75, 3.05) is 32.8 Å². The zero-order chi connectivity index (χ0) is 14.0. The number of nitrogens with zero attached hydrogens (tertiary/aromatic N) is 1. The first-order valence-corrected chi connectivity index (χ1v) is 5.71. The number of ketones is 1. The number of fused-ring (bicyclic) bond motifs is 1. The van der Waals surface area contributed by atoms with Crippen molar-refractivity contribution < 1.29 is 23.8 Å². The quantitative estimate of drug-likeness (QED) is 0.596. The maximum atomic E-state index is 12.1. The molecule has 19 heavy (non-hydrogen) atoms. The van der Waals surface area contributed by atoms with Crippen molar-refractivity contribution >= 4 is 17.4 Å². The van der Waals surface area contributed by atoms with Gasteiger partial charge in [-0.25, -0.2) is 0 Å². The second kappa shape index (κ2) is 5.38. The number of hydrogen-bond acceptors (Lipinski definition) is 5. The highest BCUT2D eigenvalue weighted by Gasteiger charge is 2.25. The Morgan fingerprint density at radius 1 is 1.37 bits per heavy atom. The third kappa shape index (κ3) is 2.45. The van der Waals surface area contributed by atoms with Crippen LogP contribution in [0.5, 0.6) is 5.75 Å². The normalized spacial score (nSPS) is 14.3. The number of anilines is 1. The average Bonchev–Trinajstić information content (AvgIpc) is 2.44. The molecule has 0 saturated heterocycles. The molecule has 0 aromatic heterocycles. The van der Waals surface area contributed by atoms with Crippen molar-refractivity contribution in [2.45, 2.75) is 6.29 Å². The van der Waals surface area contributed by atoms with Crippen LogP contribution in [0.1, 0.15) is 10.4 Å². The highest BCUT2D eigenvalue weighted by Crippen LogP contribution is 2.32. The Labute approximate surface area is 110 Å². The molecule has 2 rings (SSSR count). The summed E-state index contributed by atoms with van der Waals surface area (Å²) in [5, 5.41) is 0. The third-order valence-corrected chi connectivity index (χ3v) is 2.97. The maximum Gasteiger partial charge on any atom is 0.264 e. The number of ether oxygens (including phenoxy) is 3. The first-order valence-electron chi connectivity index (χ1n) is 5.71. The van der Waals surface area contributed by atoms with E-state index in [-0.39, 0.29) is 18.3 Å². The minimum Gasteiger partial charge on any atom is -0.482 e. The van der Waals surface area contributed by atoms with Crippen LogP contribution in [-0.2, 0) is 14.3 Å². The van der Waals surface area contributed by atoms with Crippen molar-refractivity contribution in [2.24, 2.45) is 0 Å². The fourth-order valence-corrected chi connectivity index (χ4v) is 1.87. The molecule has 0 spiro atoms. The van der Waals surface area contributed by atoms with Crippen molar-refractivity contribution in [3.8, 4) is 5.75 Å². The molecule has 1 aromatic rings. The second-order valence-corrected chi connectivity index (χ2v) is 4.09. The zero-order valence-electron chi connectivity index (χ0n) is 11.0. The Morgan fingerprint density at radius 2 is 2.05 bits per heavy atom. The molecule has 6 heteroatoms. The molecule has 0 aliphatic carbocycles. The van der Waals surface area contributed by atoms with Gasteiger partial charge in [-0.15, -0.1) is 0 Å². The Hall–Kier alpha value is -1.92. The van der Waals surface area contributed by atoms with Gasteiger partial charge in [-0.2, -0.15) is 0 Å². The number of carbonyl (C=O) groups is 2. The summed E-state index contributed by atoms with van der Waals surface area (Å²) in [7, 11) is 4.43. The molecule has 102 valence electrons. The number of methoxy groups -OCH3 is 2. The van der Waals surface area contributed by atoms with E-state index in [1.807, 2.05) is 0 Å². The summed E-state index contributed by atoms with van der Waals surface area (Å²) in [6.07, 6.45) is -0.955. The lowest BCUT2D eigenvalue weighted by atomic mass is 10.1. The molecule has 1 heterocycles. The van der Waals surface area contributed by atoms with Gasteiger partial charge in [0.15, 0.2) is 6.61 Å². The fraction of sp³-hybridized carbons (Fsp3) is 0.385. The number of benzene rings is 1. The van der Waals surface area contributed by atoms with Gasteiger partial charge in [-0.1, -0.05) is 0 Å². The maximum absolute atomic E-state index is 12.1. The molecule has 1 amide bonds. The molecule has 1 aromatic carbocycles. The molecule has 0 saturated carbocycles. The Kier molecular flexibility index (Phi) is 3.82. The SMILES string of the molecule is COC(OC)C(=O)c1ccc2c(c1)N(C)C(=O)CO2. The van der Waals surface area contributed by atoms with Crippen molar-refractivity contribution in [1.82, 2.24) is 0 Å². The topological polar surface area (TPSA) is 65.1 Å². The lowest BCUT2D eigenvalue weighted by Gasteiger charge is -2.26. The lowest BCUT2D eigenvalue weighted by Crippen LogP contribution is -2.35. The van der Waals surface area contributed by atoms with E-state index in [1.165, 1.54) is 19.1 Å². The van der Waals surface area contributed by atoms with Crippen molar-refractivity contribution in [3.63, 3.8) is 0 Å². The van der Waals surface area contributed by atoms with Crippen LogP contribution in [0.4, 0.5) is 5.69 Å². The van der Waals surface area contributed by atoms with Gasteiger partial charge in [-0.3, -0.25) is 9.59 Å². The van der Waals surface area contributed by atoms with E-state index in [4.69, 9.17) is 14.2 Å². The smallest absolute Gasteiger partial charge is 0.264 e. The Bertz CT molecular complexity index is 510. The van der Waals surface area contributed by atoms with E-state index in [1.54, 1.807) is 25.2 Å². The van der Waals surface area contributed by atoms with Gasteiger partial charge in [-0.05, 0) is 18.2 Å². The van der Waals surface area contributed by atoms with E-state index < -0.39 is 6.29 Å². The number of carbonyl (C=O) groups excluding carboxylic acids is 2. The first-order chi connectivity index (χ1) is 9.08. The Morgan fingerprint density at radius 3 is 2.68 bits per heavy atom. The predicted molar refractivity (Wildman–Crippen MR) is 67.5 cm³/mol. The van der Waals surface area contributed by atoms with Gasteiger partial charge in [0, 0.05) is 26.8 Å². The summed E-state index contributed by atoms with van der Waals surface area (Å²) < 4.78 is 15.1. The van der Waals surface area contributed by atoms with Crippen molar-refractivity contribution in [3.05, 3.63) is 23.8 Å². The van der Waals surface area contributed by atoms with Crippen LogP contribution < -0.4 is 9.64 Å². The van der Waals surface area contributed by atoms with E-state index in [0.29, 0.717) is 17.0 Å². The first kappa shape index (κ1) is 13.5. The summed E-state index contributed by atoms with van der Waals surface area (Å²) in [6, 6.07) is 4.88. The summed E-state index contributed by atoms with van der Waals surface area (Å²) in [5.74, 6) is 0.108. The molecule has 0 fully saturated rings. The molecular weight excluding hydrogens is 250 g/mol. The van der Waals surface area contributed by atoms with E-state index in [2.05, 4.69) is 0 Å². The zero-order valence-corrected chi connectivity index (χ0v) is 11.0. The molecular formula is C13H15NO5. The van der Waals surface area contributed by atoms with Gasteiger partial charge in [0.25, 0.3) is 5.91 Å². The van der Waals surface area contributed by atoms with Crippen molar-refractivity contribution in [1.29, 1.82) is 0 Å². The molecule has 0 bridgehead atoms. The van der Waals surface area contributed by atoms with E-state index in [9.17, 15) is 9.59 Å². The highest BCUT2D eigenvalue weighted by molar-refractivity contribution is 6.02. The van der Waals surface area contributed by atoms with Crippen LogP contribution in [0.3, 0.4) is 0 Å². The summed E-state index contributed by atoms with van der Waals surface area (Å²) in [5.41, 5.74) is 0.964. The molecule has 1 aliphatic heterocycles. The van der Waals surface area contributed by atoms with Gasteiger partial charge >= 0.3 is 0 Å². The minimum atomic E-state index is -0.955. The summed E-state index contributed by atoms with van der Waals surface area (Å²) >= 11 is 0. The predicted octanol–water partition coefficient (Wildman–Crippen LogP) is 0.843. The minimum absolute atomic E-state index is 0.00948. The van der Waals surface area contributed by atoms with Crippen LogP contribution in [0, 0.1) is 0 Å². The van der Waals surface area contributed by atoms with Gasteiger partial charge in [0.05, 0.1) is 5.69 Å². The number of Topliss-reactive ketones (excluding diaryl/α,β-unsaturated/α-hetero) is 1. The summed E-state index contributed by atoms with van der Waals surface area (Å²) in [4.78, 5) is 25.1. The Balaban J connectivity index is 2.35. The van der Waals surface area contributed by atoms with E-state index >= 15 is 0 Å². The largest absolute Gasteiger partial charge is 0.482 e. The fourth-order valence-electron chi connectivity index (χ4n) is 1.87. The van der Waals surface area contributed by atoms with Crippen LogP contribution in [0.2, 0.25) is 0 Å². The molecule has 0 atom stereocenters. The van der Waals surface area contributed by atoms with Crippen LogP contribution in [-0.4, -0.2) is 45.9 Å². The number of likely N-dealkylation sites (N-methyl/N-ethyl adjacent to an activating group) is 1. The molecule has 6 nitrogen and oxygen atoms in total. The number of amides is 1. The van der Waals surface area contributed by atoms with Crippen LogP contribution in [0.25, 0.3) is 0 Å². The molecule has 1 aliphatic rings. The average molecular weight is 265 g/mol. The lowest BCUT2D eigenvalue weighted by molar-refractivity contribution is -0.120. The number of hydrogen-bond donors (Lipinski definition) is 0. The standard InChI is InChI=1S/C13H15NO5/c1-14-9-6-8(12(16)13(17-2)18-3)4-5-10(9)19-7-11(14)15/h4-6,13H,7H2,1-3H3.